The Hall–Kier alpha value is -0.260. The Bertz CT molecular complexity index is 535. The van der Waals surface area contributed by atoms with Crippen molar-refractivity contribution in [1.29, 1.82) is 0 Å². The van der Waals surface area contributed by atoms with Crippen molar-refractivity contribution in [1.82, 2.24) is 0 Å². The number of unbranched alkanes of at least 4 members (excludes halogenated alkanes) is 3. The number of hydrogen-bond acceptors (Lipinski definition) is 6. The quantitative estimate of drug-likeness (QED) is 0.380. The topological polar surface area (TPSA) is 127 Å². The Balaban J connectivity index is 0. The second-order valence-electron chi connectivity index (χ2n) is 6.88. The first kappa shape index (κ1) is 28.9. The molecule has 0 aliphatic rings. The van der Waals surface area contributed by atoms with Gasteiger partial charge in [-0.15, -0.1) is 0 Å². The fourth-order valence-corrected chi connectivity index (χ4v) is 3.50. The lowest BCUT2D eigenvalue weighted by atomic mass is 10.0. The minimum Gasteiger partial charge on any atom is -0.264 e. The van der Waals surface area contributed by atoms with Gasteiger partial charge in [-0.25, -0.2) is 8.37 Å². The summed E-state index contributed by atoms with van der Waals surface area (Å²) in [5, 5.41) is 0. The van der Waals surface area contributed by atoms with Gasteiger partial charge in [0.2, 0.25) is 0 Å². The van der Waals surface area contributed by atoms with Crippen molar-refractivity contribution < 1.29 is 34.3 Å². The van der Waals surface area contributed by atoms with Crippen molar-refractivity contribution in [3.05, 3.63) is 0 Å². The van der Waals surface area contributed by atoms with Crippen LogP contribution in [0.25, 0.3) is 0 Å². The fraction of sp³-hybridized carbons (Fsp3) is 1.00. The zero-order valence-corrected chi connectivity index (χ0v) is 18.9. The third-order valence-corrected chi connectivity index (χ3v) is 4.85. The van der Waals surface area contributed by atoms with Gasteiger partial charge < -0.3 is 0 Å². The average Bonchev–Trinajstić information content (AvgIpc) is 2.52. The Morgan fingerprint density at radius 1 is 0.704 bits per heavy atom. The minimum absolute atomic E-state index is 0.0912. The van der Waals surface area contributed by atoms with Gasteiger partial charge in [0.05, 0.1) is 12.2 Å². The summed E-state index contributed by atoms with van der Waals surface area (Å²) in [6, 6.07) is 0. The summed E-state index contributed by atoms with van der Waals surface area (Å²) in [6.07, 6.45) is 7.00. The zero-order chi connectivity index (χ0) is 21.5. The largest absolute Gasteiger partial charge is 0.397 e. The molecule has 8 nitrogen and oxygen atoms in total. The molecule has 0 rings (SSSR count). The fourth-order valence-electron chi connectivity index (χ4n) is 2.33. The molecule has 10 heteroatoms. The smallest absolute Gasteiger partial charge is 0.264 e. The predicted octanol–water partition coefficient (Wildman–Crippen LogP) is 4.58. The highest BCUT2D eigenvalue weighted by Gasteiger charge is 2.19. The lowest BCUT2D eigenvalue weighted by molar-refractivity contribution is 0.127. The van der Waals surface area contributed by atoms with Crippen LogP contribution < -0.4 is 0 Å². The highest BCUT2D eigenvalue weighted by molar-refractivity contribution is 7.81. The molecule has 0 spiro atoms. The molecule has 2 N–H and O–H groups in total. The third kappa shape index (κ3) is 21.9. The van der Waals surface area contributed by atoms with Gasteiger partial charge >= 0.3 is 20.8 Å². The molecular weight excluding hydrogens is 396 g/mol. The first-order chi connectivity index (χ1) is 12.4. The summed E-state index contributed by atoms with van der Waals surface area (Å²) in [5.74, 6) is 0.0912. The molecule has 166 valence electrons. The van der Waals surface area contributed by atoms with E-state index in [0.29, 0.717) is 19.3 Å². The lowest BCUT2D eigenvalue weighted by Crippen LogP contribution is -2.23. The van der Waals surface area contributed by atoms with Crippen LogP contribution in [0.2, 0.25) is 0 Å². The average molecular weight is 435 g/mol. The Morgan fingerprint density at radius 3 is 1.37 bits per heavy atom. The van der Waals surface area contributed by atoms with E-state index >= 15 is 0 Å². The van der Waals surface area contributed by atoms with Gasteiger partial charge in [-0.05, 0) is 25.2 Å². The molecule has 0 fully saturated rings. The van der Waals surface area contributed by atoms with Crippen LogP contribution in [0.15, 0.2) is 0 Å². The Labute approximate surface area is 165 Å². The molecule has 0 radical (unpaired) electrons. The molecule has 0 bridgehead atoms. The third-order valence-electron chi connectivity index (χ3n) is 3.85. The van der Waals surface area contributed by atoms with E-state index in [0.717, 1.165) is 38.5 Å². The summed E-state index contributed by atoms with van der Waals surface area (Å²) in [7, 11) is -8.58. The lowest BCUT2D eigenvalue weighted by Gasteiger charge is -2.18. The summed E-state index contributed by atoms with van der Waals surface area (Å²) >= 11 is 0. The molecule has 0 saturated heterocycles. The van der Waals surface area contributed by atoms with Gasteiger partial charge in [-0.2, -0.15) is 16.8 Å². The van der Waals surface area contributed by atoms with Crippen molar-refractivity contribution in [3.63, 3.8) is 0 Å². The molecule has 0 aromatic carbocycles. The van der Waals surface area contributed by atoms with Crippen LogP contribution in [-0.2, 0) is 29.2 Å². The van der Waals surface area contributed by atoms with E-state index in [9.17, 15) is 16.8 Å². The Morgan fingerprint density at radius 2 is 1.07 bits per heavy atom. The highest BCUT2D eigenvalue weighted by Crippen LogP contribution is 2.16. The van der Waals surface area contributed by atoms with Crippen LogP contribution in [0.4, 0.5) is 0 Å². The number of hydrogen-bond donors (Lipinski definition) is 2. The maximum Gasteiger partial charge on any atom is 0.397 e. The second kappa shape index (κ2) is 15.6. The van der Waals surface area contributed by atoms with Crippen molar-refractivity contribution in [3.8, 4) is 0 Å². The summed E-state index contributed by atoms with van der Waals surface area (Å²) in [4.78, 5) is 0. The number of rotatable bonds is 14. The summed E-state index contributed by atoms with van der Waals surface area (Å²) < 4.78 is 68.0. The maximum absolute atomic E-state index is 10.5. The van der Waals surface area contributed by atoms with Crippen LogP contribution in [0.5, 0.6) is 0 Å². The van der Waals surface area contributed by atoms with Crippen molar-refractivity contribution in [2.24, 2.45) is 5.92 Å². The van der Waals surface area contributed by atoms with Crippen LogP contribution in [0.1, 0.15) is 92.4 Å². The van der Waals surface area contributed by atoms with Gasteiger partial charge in [0.25, 0.3) is 0 Å². The molecule has 0 aliphatic heterocycles. The van der Waals surface area contributed by atoms with E-state index in [1.54, 1.807) is 0 Å². The molecule has 0 aromatic rings. The maximum atomic E-state index is 10.5. The van der Waals surface area contributed by atoms with Crippen molar-refractivity contribution in [2.75, 3.05) is 0 Å². The van der Waals surface area contributed by atoms with Gasteiger partial charge in [0.1, 0.15) is 0 Å². The first-order valence-electron chi connectivity index (χ1n) is 9.67. The zero-order valence-electron chi connectivity index (χ0n) is 17.3. The van der Waals surface area contributed by atoms with Crippen molar-refractivity contribution in [2.45, 2.75) is 105 Å². The summed E-state index contributed by atoms with van der Waals surface area (Å²) in [6.45, 7) is 9.82. The molecule has 0 amide bonds. The standard InChI is InChI=1S/C9H20O4S.C8H18O4S/c1-3-5-7-9(8-6-4-2)13-14(10,11)12;1-4-5-6-8(7(2)3)12-13(9,10)11/h9H,3-8H2,1-2H3,(H,10,11,12);7-8H,4-6H2,1-3H3,(H,9,10,11). The van der Waals surface area contributed by atoms with Gasteiger partial charge in [0, 0.05) is 0 Å². The minimum atomic E-state index is -4.30. The van der Waals surface area contributed by atoms with Crippen LogP contribution in [0.3, 0.4) is 0 Å². The second-order valence-corrected chi connectivity index (χ2v) is 8.97. The summed E-state index contributed by atoms with van der Waals surface area (Å²) in [5.41, 5.74) is 0. The van der Waals surface area contributed by atoms with Gasteiger partial charge in [0.15, 0.2) is 0 Å². The molecule has 0 saturated carbocycles. The van der Waals surface area contributed by atoms with E-state index in [1.807, 2.05) is 34.6 Å². The van der Waals surface area contributed by atoms with E-state index < -0.39 is 26.9 Å². The Kier molecular flexibility index (Phi) is 16.8. The van der Waals surface area contributed by atoms with E-state index in [1.165, 1.54) is 0 Å². The molecule has 27 heavy (non-hydrogen) atoms. The molecular formula is C17H38O8S2. The van der Waals surface area contributed by atoms with Gasteiger partial charge in [-0.3, -0.25) is 9.11 Å². The van der Waals surface area contributed by atoms with Crippen LogP contribution in [0, 0.1) is 5.92 Å². The van der Waals surface area contributed by atoms with Gasteiger partial charge in [-0.1, -0.05) is 73.1 Å². The molecule has 0 aliphatic carbocycles. The van der Waals surface area contributed by atoms with E-state index in [2.05, 4.69) is 8.37 Å². The molecule has 0 heterocycles. The molecule has 1 atom stereocenters. The monoisotopic (exact) mass is 434 g/mol. The normalized spacial score (nSPS) is 13.5. The molecule has 0 aromatic heterocycles. The van der Waals surface area contributed by atoms with Crippen LogP contribution in [-0.4, -0.2) is 38.1 Å². The molecule has 1 unspecified atom stereocenters. The van der Waals surface area contributed by atoms with E-state index in [4.69, 9.17) is 9.11 Å². The van der Waals surface area contributed by atoms with E-state index in [-0.39, 0.29) is 12.0 Å². The predicted molar refractivity (Wildman–Crippen MR) is 106 cm³/mol. The SMILES string of the molecule is CCCCC(CCCC)OS(=O)(=O)O.CCCCC(OS(=O)(=O)O)C(C)C. The van der Waals surface area contributed by atoms with Crippen molar-refractivity contribution >= 4 is 20.8 Å². The van der Waals surface area contributed by atoms with Crippen LogP contribution >= 0.6 is 0 Å². The first-order valence-corrected chi connectivity index (χ1v) is 12.4. The highest BCUT2D eigenvalue weighted by atomic mass is 32.3.